The first-order chi connectivity index (χ1) is 35.6. The monoisotopic (exact) mass is 1080 g/mol. The maximum absolute atomic E-state index is 12.1. The van der Waals surface area contributed by atoms with Crippen molar-refractivity contribution >= 4 is 68.1 Å². The van der Waals surface area contributed by atoms with Crippen molar-refractivity contribution in [2.24, 2.45) is 19.8 Å². The summed E-state index contributed by atoms with van der Waals surface area (Å²) >= 11 is 13.9. The topological polar surface area (TPSA) is 197 Å². The number of imidazole rings is 2. The molecule has 0 saturated carbocycles. The first-order valence-electron chi connectivity index (χ1n) is 23.1. The zero-order chi connectivity index (χ0) is 52.9. The predicted molar refractivity (Wildman–Crippen MR) is 303 cm³/mol. The number of nitrogens with one attached hydrogen (secondary N) is 2. The largest absolute Gasteiger partial charge is 0.369 e. The van der Waals surface area contributed by atoms with Crippen LogP contribution in [0, 0.1) is 0 Å². The second-order valence-corrected chi connectivity index (χ2v) is 16.5. The van der Waals surface area contributed by atoms with Gasteiger partial charge >= 0.3 is 0 Å². The number of amides is 1. The molecular weight excluding hydrogens is 1020 g/mol. The van der Waals surface area contributed by atoms with Crippen LogP contribution in [0.1, 0.15) is 29.5 Å². The highest BCUT2D eigenvalue weighted by molar-refractivity contribution is 9.09. The molecule has 0 aliphatic heterocycles. The van der Waals surface area contributed by atoms with E-state index in [1.807, 2.05) is 151 Å². The summed E-state index contributed by atoms with van der Waals surface area (Å²) < 4.78 is 3.77. The SMILES string of the molecule is BrCCc1ccccc1.CN.CNc1ncccn1.Clc1ncccn1.Cn1c(-c2ccccc2)cnc1N.Cn1c(-c2ccccc2)cnc1NC(=O)CCc1ccccc1.O=C(Cl)CCc1ccccc1. The number of halogens is 3. The number of benzene rings is 5. The number of hydrogen-bond acceptors (Lipinski definition) is 11. The van der Waals surface area contributed by atoms with E-state index in [1.165, 1.54) is 12.6 Å². The van der Waals surface area contributed by atoms with Crippen molar-refractivity contribution in [1.29, 1.82) is 0 Å². The third-order valence-electron chi connectivity index (χ3n) is 9.89. The number of nitrogen functional groups attached to an aromatic ring is 1. The van der Waals surface area contributed by atoms with Gasteiger partial charge in [0.15, 0.2) is 5.95 Å². The highest BCUT2D eigenvalue weighted by atomic mass is 79.9. The van der Waals surface area contributed by atoms with Crippen LogP contribution in [0.2, 0.25) is 5.28 Å². The van der Waals surface area contributed by atoms with Crippen LogP contribution in [0.3, 0.4) is 0 Å². The number of anilines is 3. The maximum Gasteiger partial charge on any atom is 0.227 e. The quantitative estimate of drug-likeness (QED) is 0.0516. The molecule has 14 nitrogen and oxygen atoms in total. The Hall–Kier alpha value is -7.56. The van der Waals surface area contributed by atoms with E-state index in [2.05, 4.69) is 86.5 Å². The number of alkyl halides is 1. The number of aryl methyl sites for hydroxylation is 3. The first-order valence-corrected chi connectivity index (χ1v) is 25.0. The van der Waals surface area contributed by atoms with Crippen molar-refractivity contribution in [3.8, 4) is 22.5 Å². The zero-order valence-electron chi connectivity index (χ0n) is 41.5. The van der Waals surface area contributed by atoms with Gasteiger partial charge in [-0.1, -0.05) is 168 Å². The van der Waals surface area contributed by atoms with Gasteiger partial charge in [-0.2, -0.15) is 0 Å². The molecule has 1 amide bonds. The van der Waals surface area contributed by atoms with Gasteiger partial charge in [-0.3, -0.25) is 14.9 Å². The third-order valence-corrected chi connectivity index (χ3v) is 10.7. The second-order valence-electron chi connectivity index (χ2n) is 15.0. The number of carbonyl (C=O) groups is 2. The Morgan fingerprint density at radius 2 is 0.945 bits per heavy atom. The van der Waals surface area contributed by atoms with Gasteiger partial charge in [-0.15, -0.1) is 0 Å². The molecule has 73 heavy (non-hydrogen) atoms. The fraction of sp³-hybridized carbons (Fsp3) is 0.179. The number of rotatable bonds is 12. The molecule has 380 valence electrons. The molecule has 0 aliphatic carbocycles. The molecule has 9 aromatic rings. The summed E-state index contributed by atoms with van der Waals surface area (Å²) in [5, 5.41) is 6.77. The van der Waals surface area contributed by atoms with Crippen molar-refractivity contribution in [3.05, 3.63) is 223 Å². The molecule has 17 heteroatoms. The number of hydrogen-bond donors (Lipinski definition) is 4. The third kappa shape index (κ3) is 24.4. The highest BCUT2D eigenvalue weighted by Gasteiger charge is 2.11. The Kier molecular flexibility index (Phi) is 29.8. The fourth-order valence-corrected chi connectivity index (χ4v) is 6.81. The molecule has 0 saturated heterocycles. The van der Waals surface area contributed by atoms with Gasteiger partial charge < -0.3 is 25.9 Å². The molecule has 0 unspecified atom stereocenters. The van der Waals surface area contributed by atoms with E-state index in [0.717, 1.165) is 58.2 Å². The van der Waals surface area contributed by atoms with Gasteiger partial charge in [0.1, 0.15) is 0 Å². The predicted octanol–water partition coefficient (Wildman–Crippen LogP) is 11.6. The Balaban J connectivity index is 0.000000243. The van der Waals surface area contributed by atoms with Crippen LogP contribution in [-0.2, 0) is 42.9 Å². The molecular formula is C56H63BrCl2N12O2. The highest BCUT2D eigenvalue weighted by Crippen LogP contribution is 2.22. The lowest BCUT2D eigenvalue weighted by Gasteiger charge is -2.07. The normalized spacial score (nSPS) is 9.59. The van der Waals surface area contributed by atoms with E-state index >= 15 is 0 Å². The van der Waals surface area contributed by atoms with Crippen LogP contribution < -0.4 is 22.1 Å². The lowest BCUT2D eigenvalue weighted by atomic mass is 10.1. The molecule has 6 N–H and O–H groups in total. The second kappa shape index (κ2) is 36.4. The first kappa shape index (κ1) is 59.7. The zero-order valence-corrected chi connectivity index (χ0v) is 44.6. The summed E-state index contributed by atoms with van der Waals surface area (Å²) in [6.45, 7) is 0. The molecule has 4 heterocycles. The average molecular weight is 1090 g/mol. The van der Waals surface area contributed by atoms with Gasteiger partial charge in [-0.05, 0) is 89.5 Å². The van der Waals surface area contributed by atoms with E-state index in [4.69, 9.17) is 28.9 Å². The molecule has 9 rings (SSSR count). The van der Waals surface area contributed by atoms with Gasteiger partial charge in [0, 0.05) is 64.1 Å². The minimum absolute atomic E-state index is 0.0258. The van der Waals surface area contributed by atoms with Crippen molar-refractivity contribution < 1.29 is 9.59 Å². The average Bonchev–Trinajstić information content (AvgIpc) is 3.99. The van der Waals surface area contributed by atoms with Crippen molar-refractivity contribution in [3.63, 3.8) is 0 Å². The van der Waals surface area contributed by atoms with Crippen LogP contribution in [0.4, 0.5) is 17.8 Å². The Morgan fingerprint density at radius 1 is 0.548 bits per heavy atom. The molecule has 4 aromatic heterocycles. The number of nitrogens with two attached hydrogens (primary N) is 2. The van der Waals surface area contributed by atoms with Crippen molar-refractivity contribution in [1.82, 2.24) is 39.0 Å². The van der Waals surface area contributed by atoms with E-state index in [9.17, 15) is 9.59 Å². The maximum atomic E-state index is 12.1. The van der Waals surface area contributed by atoms with E-state index in [-0.39, 0.29) is 11.1 Å². The number of nitrogens with zero attached hydrogens (tertiary/aromatic N) is 8. The van der Waals surface area contributed by atoms with E-state index in [1.54, 1.807) is 56.4 Å². The lowest BCUT2D eigenvalue weighted by molar-refractivity contribution is -0.116. The fourth-order valence-electron chi connectivity index (χ4n) is 6.14. The molecule has 0 atom stereocenters. The van der Waals surface area contributed by atoms with Crippen LogP contribution >= 0.6 is 39.1 Å². The Labute approximate surface area is 447 Å². The lowest BCUT2D eigenvalue weighted by Crippen LogP contribution is -2.15. The van der Waals surface area contributed by atoms with Crippen LogP contribution in [0.25, 0.3) is 22.5 Å². The summed E-state index contributed by atoms with van der Waals surface area (Å²) in [5.41, 5.74) is 18.1. The molecule has 0 fully saturated rings. The van der Waals surface area contributed by atoms with Gasteiger partial charge in [-0.25, -0.2) is 29.9 Å². The van der Waals surface area contributed by atoms with Crippen LogP contribution in [0.5, 0.6) is 0 Å². The number of aromatic nitrogens is 8. The van der Waals surface area contributed by atoms with E-state index < -0.39 is 0 Å². The summed E-state index contributed by atoms with van der Waals surface area (Å²) in [6.07, 6.45) is 13.6. The Morgan fingerprint density at radius 3 is 1.32 bits per heavy atom. The molecule has 0 bridgehead atoms. The molecule has 0 spiro atoms. The standard InChI is InChI=1S/C19H19N3O.C10H11N3.C9H9ClO.C8H9Br.C5H7N3.C4H3ClN2.CH5N/c1-22-17(16-10-6-3-7-11-16)14-20-19(22)21-18(23)13-12-15-8-4-2-5-9-15;1-13-9(7-12-10(13)11)8-5-3-2-4-6-8;10-9(11)7-6-8-4-2-1-3-5-8;9-7-6-8-4-2-1-3-5-8;1-6-5-7-3-2-4-8-5;5-4-6-2-1-3-7-4;1-2/h2-11,14H,12-13H2,1H3,(H,20,21,23);2-7H,1H3,(H2,11,12);1-5H,6-7H2;1-5H,6-7H2;2-4H,1H3,(H,6,7,8);1-3H;2H2,1H3. The van der Waals surface area contributed by atoms with Crippen molar-refractivity contribution in [2.45, 2.75) is 32.1 Å². The summed E-state index contributed by atoms with van der Waals surface area (Å²) in [6, 6.07) is 53.8. The molecule has 0 radical (unpaired) electrons. The van der Waals surface area contributed by atoms with Crippen LogP contribution in [0.15, 0.2) is 201 Å². The minimum atomic E-state index is -0.270. The van der Waals surface area contributed by atoms with Gasteiger partial charge in [0.25, 0.3) is 0 Å². The van der Waals surface area contributed by atoms with E-state index in [0.29, 0.717) is 36.0 Å². The summed E-state index contributed by atoms with van der Waals surface area (Å²) in [7, 11) is 7.10. The van der Waals surface area contributed by atoms with Gasteiger partial charge in [0.2, 0.25) is 28.3 Å². The van der Waals surface area contributed by atoms with Crippen molar-refractivity contribution in [2.75, 3.05) is 35.8 Å². The Bertz CT molecular complexity index is 2820. The molecule has 5 aromatic carbocycles. The summed E-state index contributed by atoms with van der Waals surface area (Å²) in [5.74, 6) is 1.75. The summed E-state index contributed by atoms with van der Waals surface area (Å²) in [4.78, 5) is 45.9. The smallest absolute Gasteiger partial charge is 0.227 e. The van der Waals surface area contributed by atoms with Gasteiger partial charge in [0.05, 0.1) is 23.8 Å². The minimum Gasteiger partial charge on any atom is -0.369 e. The van der Waals surface area contributed by atoms with Crippen LogP contribution in [-0.4, -0.2) is 69.6 Å². The molecule has 0 aliphatic rings. The number of carbonyl (C=O) groups excluding carboxylic acids is 2.